The number of primary amides is 1. The van der Waals surface area contributed by atoms with Crippen LogP contribution in [0.2, 0.25) is 0 Å². The second-order valence-corrected chi connectivity index (χ2v) is 8.74. The third kappa shape index (κ3) is 5.82. The van der Waals surface area contributed by atoms with Gasteiger partial charge >= 0.3 is 0 Å². The molecule has 0 bridgehead atoms. The molecule has 4 amide bonds. The zero-order valence-electron chi connectivity index (χ0n) is 19.1. The van der Waals surface area contributed by atoms with Crippen molar-refractivity contribution in [3.05, 3.63) is 30.0 Å². The number of fused-ring (bicyclic) bond motifs is 1. The second kappa shape index (κ2) is 10.4. The summed E-state index contributed by atoms with van der Waals surface area (Å²) in [6.45, 7) is 4.38. The van der Waals surface area contributed by atoms with Crippen LogP contribution in [0.25, 0.3) is 10.9 Å². The van der Waals surface area contributed by atoms with Crippen LogP contribution in [0.1, 0.15) is 43.6 Å². The van der Waals surface area contributed by atoms with Gasteiger partial charge in [-0.25, -0.2) is 0 Å². The van der Waals surface area contributed by atoms with Crippen molar-refractivity contribution in [1.82, 2.24) is 20.9 Å². The maximum absolute atomic E-state index is 13.0. The molecule has 10 heteroatoms. The molecule has 3 rings (SSSR count). The molecule has 0 unspecified atom stereocenters. The van der Waals surface area contributed by atoms with Gasteiger partial charge in [-0.1, -0.05) is 19.9 Å². The van der Waals surface area contributed by atoms with Gasteiger partial charge in [0.2, 0.25) is 17.7 Å². The number of amides is 4. The van der Waals surface area contributed by atoms with Gasteiger partial charge < -0.3 is 31.4 Å². The zero-order valence-corrected chi connectivity index (χ0v) is 19.1. The van der Waals surface area contributed by atoms with Crippen LogP contribution in [0.3, 0.4) is 0 Å². The summed E-state index contributed by atoms with van der Waals surface area (Å²) in [6, 6.07) is 5.20. The normalized spacial score (nSPS) is 17.5. The first-order valence-corrected chi connectivity index (χ1v) is 11.0. The van der Waals surface area contributed by atoms with Crippen LogP contribution in [0.15, 0.2) is 24.3 Å². The van der Waals surface area contributed by atoms with Crippen LogP contribution in [0.5, 0.6) is 5.75 Å². The molecule has 33 heavy (non-hydrogen) atoms. The Morgan fingerprint density at radius 2 is 1.97 bits per heavy atom. The minimum atomic E-state index is -1.00. The van der Waals surface area contributed by atoms with E-state index in [-0.39, 0.29) is 29.9 Å². The predicted molar refractivity (Wildman–Crippen MR) is 122 cm³/mol. The van der Waals surface area contributed by atoms with E-state index in [4.69, 9.17) is 10.5 Å². The largest absolute Gasteiger partial charge is 0.496 e. The van der Waals surface area contributed by atoms with Crippen molar-refractivity contribution in [1.29, 1.82) is 0 Å². The van der Waals surface area contributed by atoms with Crippen molar-refractivity contribution in [3.8, 4) is 5.75 Å². The second-order valence-electron chi connectivity index (χ2n) is 8.74. The Bertz CT molecular complexity index is 1050. The fourth-order valence-electron chi connectivity index (χ4n) is 4.04. The van der Waals surface area contributed by atoms with Crippen molar-refractivity contribution in [2.45, 2.75) is 45.2 Å². The molecular weight excluding hydrogens is 426 g/mol. The number of rotatable bonds is 10. The van der Waals surface area contributed by atoms with E-state index < -0.39 is 29.8 Å². The number of benzene rings is 1. The number of methoxy groups -OCH3 is 1. The highest BCUT2D eigenvalue weighted by atomic mass is 16.5. The Balaban J connectivity index is 1.74. The summed E-state index contributed by atoms with van der Waals surface area (Å²) in [5.41, 5.74) is 6.50. The Kier molecular flexibility index (Phi) is 7.57. The molecular formula is C23H31N5O5. The number of H-pyrrole nitrogens is 1. The molecule has 1 saturated heterocycles. The number of hydrogen-bond acceptors (Lipinski definition) is 5. The minimum absolute atomic E-state index is 0.0940. The van der Waals surface area contributed by atoms with Crippen LogP contribution >= 0.6 is 0 Å². The van der Waals surface area contributed by atoms with Gasteiger partial charge in [0.05, 0.1) is 7.11 Å². The van der Waals surface area contributed by atoms with E-state index in [1.54, 1.807) is 19.2 Å². The highest BCUT2D eigenvalue weighted by Gasteiger charge is 2.32. The van der Waals surface area contributed by atoms with Gasteiger partial charge in [0.25, 0.3) is 5.91 Å². The van der Waals surface area contributed by atoms with E-state index in [1.165, 1.54) is 0 Å². The molecule has 0 radical (unpaired) electrons. The summed E-state index contributed by atoms with van der Waals surface area (Å²) in [4.78, 5) is 52.8. The molecule has 6 N–H and O–H groups in total. The summed E-state index contributed by atoms with van der Waals surface area (Å²) >= 11 is 0. The Morgan fingerprint density at radius 3 is 2.58 bits per heavy atom. The van der Waals surface area contributed by atoms with Crippen LogP contribution in [-0.4, -0.2) is 54.4 Å². The van der Waals surface area contributed by atoms with E-state index in [2.05, 4.69) is 20.9 Å². The van der Waals surface area contributed by atoms with E-state index >= 15 is 0 Å². The lowest BCUT2D eigenvalue weighted by Crippen LogP contribution is -2.54. The molecule has 0 saturated carbocycles. The fourth-order valence-corrected chi connectivity index (χ4v) is 4.04. The average Bonchev–Trinajstić information content (AvgIpc) is 3.38. The first-order chi connectivity index (χ1) is 15.7. The maximum atomic E-state index is 13.0. The number of aromatic amines is 1. The molecule has 1 aliphatic rings. The summed E-state index contributed by atoms with van der Waals surface area (Å²) in [6.07, 6.45) is 1.06. The zero-order chi connectivity index (χ0) is 24.1. The topological polar surface area (TPSA) is 155 Å². The number of nitrogens with two attached hydrogens (primary N) is 1. The van der Waals surface area contributed by atoms with Gasteiger partial charge in [-0.3, -0.25) is 19.2 Å². The molecule has 1 aliphatic heterocycles. The fraction of sp³-hybridized carbons (Fsp3) is 0.478. The summed E-state index contributed by atoms with van der Waals surface area (Å²) in [5.74, 6) is -1.52. The van der Waals surface area contributed by atoms with Gasteiger partial charge in [-0.2, -0.15) is 0 Å². The smallest absolute Gasteiger partial charge is 0.268 e. The highest BCUT2D eigenvalue weighted by molar-refractivity contribution is 6.01. The molecule has 2 aromatic rings. The van der Waals surface area contributed by atoms with Gasteiger partial charge in [-0.05, 0) is 43.4 Å². The number of ether oxygens (including phenoxy) is 1. The van der Waals surface area contributed by atoms with E-state index in [9.17, 15) is 19.2 Å². The van der Waals surface area contributed by atoms with Gasteiger partial charge in [0, 0.05) is 23.4 Å². The number of hydrogen-bond donors (Lipinski definition) is 5. The summed E-state index contributed by atoms with van der Waals surface area (Å²) in [7, 11) is 1.55. The number of aromatic nitrogens is 1. The average molecular weight is 458 g/mol. The van der Waals surface area contributed by atoms with E-state index in [1.807, 2.05) is 26.0 Å². The van der Waals surface area contributed by atoms with Crippen molar-refractivity contribution < 1.29 is 23.9 Å². The van der Waals surface area contributed by atoms with Crippen LogP contribution in [0.4, 0.5) is 0 Å². The summed E-state index contributed by atoms with van der Waals surface area (Å²) in [5, 5.41) is 8.84. The first-order valence-electron chi connectivity index (χ1n) is 11.0. The van der Waals surface area contributed by atoms with Crippen molar-refractivity contribution in [3.63, 3.8) is 0 Å². The Labute approximate surface area is 192 Å². The Hall–Kier alpha value is -3.56. The highest BCUT2D eigenvalue weighted by Crippen LogP contribution is 2.26. The first kappa shape index (κ1) is 24.1. The SMILES string of the molecule is COc1cccc2[nH]c(C(=O)N[C@@H](CC(C)C)C(=O)N[C@@H](C[C@@H]3CCNC3=O)C(N)=O)cc12. The molecule has 10 nitrogen and oxygen atoms in total. The van der Waals surface area contributed by atoms with Crippen molar-refractivity contribution in [2.75, 3.05) is 13.7 Å². The molecule has 3 atom stereocenters. The van der Waals surface area contributed by atoms with Crippen molar-refractivity contribution >= 4 is 34.5 Å². The molecule has 1 aromatic carbocycles. The molecule has 0 aliphatic carbocycles. The number of carbonyl (C=O) groups is 4. The van der Waals surface area contributed by atoms with E-state index in [0.717, 1.165) is 10.9 Å². The summed E-state index contributed by atoms with van der Waals surface area (Å²) < 4.78 is 5.33. The van der Waals surface area contributed by atoms with Gasteiger partial charge in [0.15, 0.2) is 0 Å². The molecule has 178 valence electrons. The molecule has 1 fully saturated rings. The van der Waals surface area contributed by atoms with E-state index in [0.29, 0.717) is 25.1 Å². The van der Waals surface area contributed by atoms with Crippen molar-refractivity contribution in [2.24, 2.45) is 17.6 Å². The molecule has 2 heterocycles. The monoisotopic (exact) mass is 457 g/mol. The lowest BCUT2D eigenvalue weighted by Gasteiger charge is -2.24. The number of nitrogens with one attached hydrogen (secondary N) is 4. The number of carbonyl (C=O) groups excluding carboxylic acids is 4. The van der Waals surface area contributed by atoms with Crippen LogP contribution in [0, 0.1) is 11.8 Å². The third-order valence-corrected chi connectivity index (χ3v) is 5.76. The van der Waals surface area contributed by atoms with Crippen LogP contribution < -0.4 is 26.4 Å². The predicted octanol–water partition coefficient (Wildman–Crippen LogP) is 0.817. The lowest BCUT2D eigenvalue weighted by atomic mass is 9.97. The standard InChI is InChI=1S/C23H31N5O5/c1-12(2)9-17(22(31)27-16(20(24)29)10-13-7-8-25-21(13)30)28-23(32)18-11-14-15(26-18)5-4-6-19(14)33-3/h4-6,11-13,16-17,26H,7-10H2,1-3H3,(H2,24,29)(H,25,30)(H,27,31)(H,28,32)/t13-,16-,17-/m0/s1. The third-order valence-electron chi connectivity index (χ3n) is 5.76. The van der Waals surface area contributed by atoms with Gasteiger partial charge in [-0.15, -0.1) is 0 Å². The van der Waals surface area contributed by atoms with Gasteiger partial charge in [0.1, 0.15) is 23.5 Å². The Morgan fingerprint density at radius 1 is 1.21 bits per heavy atom. The maximum Gasteiger partial charge on any atom is 0.268 e. The quantitative estimate of drug-likeness (QED) is 0.357. The minimum Gasteiger partial charge on any atom is -0.496 e. The van der Waals surface area contributed by atoms with Crippen LogP contribution in [-0.2, 0) is 14.4 Å². The molecule has 1 aromatic heterocycles. The molecule has 0 spiro atoms. The lowest BCUT2D eigenvalue weighted by molar-refractivity contribution is -0.130.